The van der Waals surface area contributed by atoms with E-state index in [1.54, 1.807) is 0 Å². The molecule has 4 rings (SSSR count). The molecule has 134 valence electrons. The molecule has 2 atom stereocenters. The van der Waals surface area contributed by atoms with E-state index in [4.69, 9.17) is 6.57 Å². The first-order valence-corrected chi connectivity index (χ1v) is 9.74. The van der Waals surface area contributed by atoms with E-state index in [2.05, 4.69) is 51.9 Å². The van der Waals surface area contributed by atoms with Crippen LogP contribution in [0.4, 0.5) is 5.69 Å². The minimum atomic E-state index is 0.400. The smallest absolute Gasteiger partial charge is 0.191 e. The van der Waals surface area contributed by atoms with Crippen LogP contribution < -0.4 is 10.6 Å². The van der Waals surface area contributed by atoms with Crippen LogP contribution in [-0.4, -0.2) is 19.1 Å². The zero-order chi connectivity index (χ0) is 17.8. The van der Waals surface area contributed by atoms with Crippen molar-refractivity contribution in [3.63, 3.8) is 0 Å². The monoisotopic (exact) mass is 345 g/mol. The first-order valence-electron chi connectivity index (χ1n) is 9.74. The molecule has 2 aliphatic rings. The molecule has 2 N–H and O–H groups in total. The molecule has 0 amide bonds. The molecule has 2 aromatic rings. The van der Waals surface area contributed by atoms with E-state index in [9.17, 15) is 0 Å². The Kier molecular flexibility index (Phi) is 5.06. The molecule has 2 aliphatic carbocycles. The molecule has 0 radical (unpaired) electrons. The molecule has 0 heterocycles. The number of rotatable bonds is 8. The van der Waals surface area contributed by atoms with Crippen molar-refractivity contribution < 1.29 is 0 Å². The van der Waals surface area contributed by atoms with Crippen LogP contribution in [0.15, 0.2) is 54.6 Å². The van der Waals surface area contributed by atoms with Gasteiger partial charge >= 0.3 is 0 Å². The normalized spacial score (nSPS) is 23.0. The molecule has 0 spiro atoms. The molecule has 2 fully saturated rings. The van der Waals surface area contributed by atoms with Gasteiger partial charge in [-0.15, -0.1) is 0 Å². The van der Waals surface area contributed by atoms with Crippen LogP contribution in [0.3, 0.4) is 0 Å². The minimum absolute atomic E-state index is 0.400. The maximum absolute atomic E-state index is 7.29. The summed E-state index contributed by atoms with van der Waals surface area (Å²) in [6.07, 6.45) is 5.22. The van der Waals surface area contributed by atoms with Crippen LogP contribution in [0.2, 0.25) is 0 Å². The van der Waals surface area contributed by atoms with E-state index in [-0.39, 0.29) is 0 Å². The summed E-state index contributed by atoms with van der Waals surface area (Å²) in [4.78, 5) is 3.62. The highest BCUT2D eigenvalue weighted by Crippen LogP contribution is 2.44. The summed E-state index contributed by atoms with van der Waals surface area (Å²) in [5, 5.41) is 7.45. The number of hydrogen-bond acceptors (Lipinski definition) is 2. The second kappa shape index (κ2) is 7.61. The predicted octanol–water partition coefficient (Wildman–Crippen LogP) is 4.64. The number of para-hydroxylation sites is 1. The molecule has 2 saturated carbocycles. The standard InChI is InChI=1S/C23H27N3/c1-24-21-11-6-5-10-19(21)15-25-16-23(12-7-13-23)17-26-22-14-20(22)18-8-3-2-4-9-18/h2-6,8-11,20,22,25-26H,7,12-17H2/t20?,22-/m0/s1. The topological polar surface area (TPSA) is 28.4 Å². The zero-order valence-corrected chi connectivity index (χ0v) is 15.2. The molecule has 1 unspecified atom stereocenters. The average Bonchev–Trinajstić information content (AvgIpc) is 3.44. The lowest BCUT2D eigenvalue weighted by atomic mass is 9.68. The molecule has 0 bridgehead atoms. The Morgan fingerprint density at radius 2 is 1.77 bits per heavy atom. The third kappa shape index (κ3) is 3.82. The lowest BCUT2D eigenvalue weighted by Crippen LogP contribution is -2.47. The maximum Gasteiger partial charge on any atom is 0.191 e. The van der Waals surface area contributed by atoms with Crippen molar-refractivity contribution in [3.8, 4) is 0 Å². The first-order chi connectivity index (χ1) is 12.8. The fraction of sp³-hybridized carbons (Fsp3) is 0.435. The van der Waals surface area contributed by atoms with Crippen LogP contribution in [0.1, 0.15) is 42.7 Å². The summed E-state index contributed by atoms with van der Waals surface area (Å²) < 4.78 is 0. The van der Waals surface area contributed by atoms with Crippen LogP contribution in [0.25, 0.3) is 4.85 Å². The van der Waals surface area contributed by atoms with Crippen molar-refractivity contribution >= 4 is 5.69 Å². The van der Waals surface area contributed by atoms with Gasteiger partial charge < -0.3 is 10.6 Å². The van der Waals surface area contributed by atoms with E-state index in [1.165, 1.54) is 31.2 Å². The fourth-order valence-corrected chi connectivity index (χ4v) is 4.16. The van der Waals surface area contributed by atoms with Crippen LogP contribution >= 0.6 is 0 Å². The van der Waals surface area contributed by atoms with Crippen LogP contribution in [-0.2, 0) is 6.54 Å². The number of nitrogens with one attached hydrogen (secondary N) is 2. The van der Waals surface area contributed by atoms with Gasteiger partial charge in [-0.2, -0.15) is 0 Å². The second-order valence-corrected chi connectivity index (χ2v) is 7.94. The summed E-state index contributed by atoms with van der Waals surface area (Å²) >= 11 is 0. The van der Waals surface area contributed by atoms with Gasteiger partial charge in [-0.3, -0.25) is 0 Å². The lowest BCUT2D eigenvalue weighted by Gasteiger charge is -2.42. The molecular formula is C23H27N3. The molecule has 0 aromatic heterocycles. The number of nitrogens with zero attached hydrogens (tertiary/aromatic N) is 1. The second-order valence-electron chi connectivity index (χ2n) is 7.94. The Bertz CT molecular complexity index is 774. The summed E-state index contributed by atoms with van der Waals surface area (Å²) in [5.41, 5.74) is 3.75. The van der Waals surface area contributed by atoms with E-state index in [0.717, 1.165) is 30.9 Å². The summed E-state index contributed by atoms with van der Waals surface area (Å²) in [6, 6.07) is 19.4. The van der Waals surface area contributed by atoms with E-state index in [1.807, 2.05) is 18.2 Å². The molecule has 3 heteroatoms. The highest BCUT2D eigenvalue weighted by atomic mass is 15.0. The Morgan fingerprint density at radius 3 is 2.50 bits per heavy atom. The molecule has 0 saturated heterocycles. The van der Waals surface area contributed by atoms with E-state index in [0.29, 0.717) is 17.4 Å². The van der Waals surface area contributed by atoms with Crippen molar-refractivity contribution in [2.24, 2.45) is 5.41 Å². The molecule has 3 nitrogen and oxygen atoms in total. The van der Waals surface area contributed by atoms with Crippen molar-refractivity contribution in [3.05, 3.63) is 77.1 Å². The van der Waals surface area contributed by atoms with Crippen LogP contribution in [0, 0.1) is 12.0 Å². The quantitative estimate of drug-likeness (QED) is 0.682. The number of benzene rings is 2. The van der Waals surface area contributed by atoms with Gasteiger partial charge in [-0.1, -0.05) is 61.0 Å². The Hall–Kier alpha value is -2.15. The first kappa shape index (κ1) is 17.3. The summed E-state index contributed by atoms with van der Waals surface area (Å²) in [6.45, 7) is 10.2. The van der Waals surface area contributed by atoms with Gasteiger partial charge in [-0.25, -0.2) is 4.85 Å². The van der Waals surface area contributed by atoms with Crippen molar-refractivity contribution in [1.82, 2.24) is 10.6 Å². The zero-order valence-electron chi connectivity index (χ0n) is 15.2. The van der Waals surface area contributed by atoms with Gasteiger partial charge in [0.1, 0.15) is 0 Å². The third-order valence-electron chi connectivity index (χ3n) is 6.10. The Morgan fingerprint density at radius 1 is 1.00 bits per heavy atom. The highest BCUT2D eigenvalue weighted by Gasteiger charge is 2.42. The van der Waals surface area contributed by atoms with Gasteiger partial charge in [0, 0.05) is 31.6 Å². The maximum atomic E-state index is 7.29. The van der Waals surface area contributed by atoms with Gasteiger partial charge in [0.05, 0.1) is 6.57 Å². The molecular weight excluding hydrogens is 318 g/mol. The highest BCUT2D eigenvalue weighted by molar-refractivity contribution is 5.51. The summed E-state index contributed by atoms with van der Waals surface area (Å²) in [7, 11) is 0. The van der Waals surface area contributed by atoms with Crippen LogP contribution in [0.5, 0.6) is 0 Å². The van der Waals surface area contributed by atoms with Gasteiger partial charge in [0.2, 0.25) is 0 Å². The van der Waals surface area contributed by atoms with E-state index >= 15 is 0 Å². The average molecular weight is 345 g/mol. The van der Waals surface area contributed by atoms with Gasteiger partial charge in [0.15, 0.2) is 5.69 Å². The van der Waals surface area contributed by atoms with Gasteiger partial charge in [-0.05, 0) is 35.8 Å². The lowest BCUT2D eigenvalue weighted by molar-refractivity contribution is 0.126. The predicted molar refractivity (Wildman–Crippen MR) is 106 cm³/mol. The Balaban J connectivity index is 1.25. The SMILES string of the molecule is [C-]#[N+]c1ccccc1CNCC1(CN[C@H]2CC2c2ccccc2)CCC1. The Labute approximate surface area is 156 Å². The van der Waals surface area contributed by atoms with Crippen molar-refractivity contribution in [2.45, 2.75) is 44.2 Å². The summed E-state index contributed by atoms with van der Waals surface area (Å²) in [5.74, 6) is 0.701. The fourth-order valence-electron chi connectivity index (χ4n) is 4.16. The third-order valence-corrected chi connectivity index (χ3v) is 6.10. The van der Waals surface area contributed by atoms with Gasteiger partial charge in [0.25, 0.3) is 0 Å². The van der Waals surface area contributed by atoms with Crippen molar-refractivity contribution in [2.75, 3.05) is 13.1 Å². The van der Waals surface area contributed by atoms with Crippen molar-refractivity contribution in [1.29, 1.82) is 0 Å². The molecule has 26 heavy (non-hydrogen) atoms. The molecule has 0 aliphatic heterocycles. The largest absolute Gasteiger partial charge is 0.313 e. The number of hydrogen-bond donors (Lipinski definition) is 2. The molecule has 2 aromatic carbocycles. The minimum Gasteiger partial charge on any atom is -0.313 e. The van der Waals surface area contributed by atoms with E-state index < -0.39 is 0 Å².